The SMILES string of the molecule is Cc1ccc(NC(=O)CSc2cc(N3CCCCC3)ncn2)cc1C. The highest BCUT2D eigenvalue weighted by Crippen LogP contribution is 2.22. The molecule has 0 aliphatic carbocycles. The Kier molecular flexibility index (Phi) is 5.91. The van der Waals surface area contributed by atoms with Gasteiger partial charge < -0.3 is 10.2 Å². The number of benzene rings is 1. The lowest BCUT2D eigenvalue weighted by Gasteiger charge is -2.27. The quantitative estimate of drug-likeness (QED) is 0.652. The summed E-state index contributed by atoms with van der Waals surface area (Å²) < 4.78 is 0. The molecular weight excluding hydrogens is 332 g/mol. The van der Waals surface area contributed by atoms with Crippen LogP contribution in [-0.4, -0.2) is 34.7 Å². The maximum Gasteiger partial charge on any atom is 0.234 e. The molecule has 1 aliphatic heterocycles. The number of nitrogens with one attached hydrogen (secondary N) is 1. The third kappa shape index (κ3) is 4.95. The molecule has 0 saturated carbocycles. The van der Waals surface area contributed by atoms with E-state index in [1.165, 1.54) is 42.2 Å². The number of hydrogen-bond donors (Lipinski definition) is 1. The molecule has 25 heavy (non-hydrogen) atoms. The highest BCUT2D eigenvalue weighted by atomic mass is 32.2. The number of piperidine rings is 1. The molecule has 1 amide bonds. The highest BCUT2D eigenvalue weighted by molar-refractivity contribution is 7.99. The first-order chi connectivity index (χ1) is 12.1. The molecule has 6 heteroatoms. The minimum absolute atomic E-state index is 0.0219. The van der Waals surface area contributed by atoms with Crippen LogP contribution < -0.4 is 10.2 Å². The van der Waals surface area contributed by atoms with Crippen molar-refractivity contribution in [3.05, 3.63) is 41.7 Å². The van der Waals surface area contributed by atoms with E-state index in [9.17, 15) is 4.79 Å². The molecule has 0 bridgehead atoms. The standard InChI is InChI=1S/C19H24N4OS/c1-14-6-7-16(10-15(14)2)22-18(24)12-25-19-11-17(20-13-21-19)23-8-4-3-5-9-23/h6-7,10-11,13H,3-5,8-9,12H2,1-2H3,(H,22,24). The fourth-order valence-electron chi connectivity index (χ4n) is 2.86. The first-order valence-electron chi connectivity index (χ1n) is 8.69. The number of anilines is 2. The summed E-state index contributed by atoms with van der Waals surface area (Å²) in [6.45, 7) is 6.21. The van der Waals surface area contributed by atoms with Crippen molar-refractivity contribution in [1.29, 1.82) is 0 Å². The lowest BCUT2D eigenvalue weighted by Crippen LogP contribution is -2.30. The predicted octanol–water partition coefficient (Wildman–Crippen LogP) is 3.81. The second-order valence-corrected chi connectivity index (χ2v) is 7.39. The molecule has 3 rings (SSSR count). The predicted molar refractivity (Wildman–Crippen MR) is 103 cm³/mol. The van der Waals surface area contributed by atoms with Crippen molar-refractivity contribution >= 4 is 29.2 Å². The van der Waals surface area contributed by atoms with E-state index in [1.54, 1.807) is 6.33 Å². The molecule has 2 heterocycles. The maximum atomic E-state index is 12.2. The molecule has 1 aromatic heterocycles. The van der Waals surface area contributed by atoms with Crippen molar-refractivity contribution < 1.29 is 4.79 Å². The van der Waals surface area contributed by atoms with Crippen LogP contribution in [0.25, 0.3) is 0 Å². The Morgan fingerprint density at radius 1 is 1.12 bits per heavy atom. The van der Waals surface area contributed by atoms with Gasteiger partial charge in [-0.1, -0.05) is 17.8 Å². The number of hydrogen-bond acceptors (Lipinski definition) is 5. The average Bonchev–Trinajstić information content (AvgIpc) is 2.64. The van der Waals surface area contributed by atoms with E-state index in [0.717, 1.165) is 29.6 Å². The Bertz CT molecular complexity index is 744. The van der Waals surface area contributed by atoms with Gasteiger partial charge in [0.15, 0.2) is 0 Å². The van der Waals surface area contributed by atoms with Crippen LogP contribution >= 0.6 is 11.8 Å². The second-order valence-electron chi connectivity index (χ2n) is 6.40. The molecule has 2 aromatic rings. The van der Waals surface area contributed by atoms with Gasteiger partial charge in [-0.3, -0.25) is 4.79 Å². The Labute approximate surface area is 153 Å². The second kappa shape index (κ2) is 8.34. The molecule has 1 aromatic carbocycles. The summed E-state index contributed by atoms with van der Waals surface area (Å²) in [5, 5.41) is 3.78. The van der Waals surface area contributed by atoms with Crippen molar-refractivity contribution in [2.45, 2.75) is 38.1 Å². The van der Waals surface area contributed by atoms with Gasteiger partial charge >= 0.3 is 0 Å². The van der Waals surface area contributed by atoms with Crippen LogP contribution in [0.3, 0.4) is 0 Å². The van der Waals surface area contributed by atoms with Gasteiger partial charge in [0.25, 0.3) is 0 Å². The number of carbonyl (C=O) groups excluding carboxylic acids is 1. The topological polar surface area (TPSA) is 58.1 Å². The maximum absolute atomic E-state index is 12.2. The van der Waals surface area contributed by atoms with Gasteiger partial charge in [0.05, 0.1) is 5.75 Å². The van der Waals surface area contributed by atoms with E-state index in [1.807, 2.05) is 31.2 Å². The van der Waals surface area contributed by atoms with Crippen molar-refractivity contribution in [3.63, 3.8) is 0 Å². The molecule has 132 valence electrons. The van der Waals surface area contributed by atoms with Crippen molar-refractivity contribution in [3.8, 4) is 0 Å². The summed E-state index contributed by atoms with van der Waals surface area (Å²) in [6.07, 6.45) is 5.31. The van der Waals surface area contributed by atoms with Gasteiger partial charge in [-0.2, -0.15) is 0 Å². The van der Waals surface area contributed by atoms with Gasteiger partial charge in [-0.05, 0) is 56.4 Å². The van der Waals surface area contributed by atoms with Crippen molar-refractivity contribution in [1.82, 2.24) is 9.97 Å². The molecule has 5 nitrogen and oxygen atoms in total. The zero-order valence-corrected chi connectivity index (χ0v) is 15.6. The molecular formula is C19H24N4OS. The van der Waals surface area contributed by atoms with Gasteiger partial charge in [-0.15, -0.1) is 0 Å². The van der Waals surface area contributed by atoms with Crippen LogP contribution in [0.1, 0.15) is 30.4 Å². The van der Waals surface area contributed by atoms with E-state index >= 15 is 0 Å². The van der Waals surface area contributed by atoms with Crippen LogP contribution in [0.4, 0.5) is 11.5 Å². The van der Waals surface area contributed by atoms with Crippen molar-refractivity contribution in [2.24, 2.45) is 0 Å². The largest absolute Gasteiger partial charge is 0.356 e. The van der Waals surface area contributed by atoms with Gasteiger partial charge in [0.2, 0.25) is 5.91 Å². The van der Waals surface area contributed by atoms with E-state index in [-0.39, 0.29) is 5.91 Å². The third-order valence-electron chi connectivity index (χ3n) is 4.45. The fraction of sp³-hybridized carbons (Fsp3) is 0.421. The molecule has 0 unspecified atom stereocenters. The first-order valence-corrected chi connectivity index (χ1v) is 9.67. The number of amides is 1. The van der Waals surface area contributed by atoms with Crippen LogP contribution in [0, 0.1) is 13.8 Å². The zero-order chi connectivity index (χ0) is 17.6. The number of nitrogens with zero attached hydrogens (tertiary/aromatic N) is 3. The smallest absolute Gasteiger partial charge is 0.234 e. The monoisotopic (exact) mass is 356 g/mol. The van der Waals surface area contributed by atoms with E-state index in [2.05, 4.69) is 27.1 Å². The van der Waals surface area contributed by atoms with Crippen LogP contribution in [0.2, 0.25) is 0 Å². The minimum atomic E-state index is -0.0219. The summed E-state index contributed by atoms with van der Waals surface area (Å²) in [5.74, 6) is 1.28. The zero-order valence-electron chi connectivity index (χ0n) is 14.8. The molecule has 0 spiro atoms. The number of rotatable bonds is 5. The molecule has 0 atom stereocenters. The van der Waals surface area contributed by atoms with E-state index in [0.29, 0.717) is 5.75 Å². The Morgan fingerprint density at radius 2 is 1.92 bits per heavy atom. The van der Waals surface area contributed by atoms with Gasteiger partial charge in [-0.25, -0.2) is 9.97 Å². The van der Waals surface area contributed by atoms with Crippen LogP contribution in [0.15, 0.2) is 35.6 Å². The summed E-state index contributed by atoms with van der Waals surface area (Å²) in [7, 11) is 0. The summed E-state index contributed by atoms with van der Waals surface area (Å²) >= 11 is 1.44. The molecule has 1 saturated heterocycles. The molecule has 0 radical (unpaired) electrons. The van der Waals surface area contributed by atoms with Crippen LogP contribution in [0.5, 0.6) is 0 Å². The van der Waals surface area contributed by atoms with E-state index < -0.39 is 0 Å². The number of carbonyl (C=O) groups is 1. The van der Waals surface area contributed by atoms with E-state index in [4.69, 9.17) is 0 Å². The Hall–Kier alpha value is -2.08. The van der Waals surface area contributed by atoms with Crippen LogP contribution in [-0.2, 0) is 4.79 Å². The summed E-state index contributed by atoms with van der Waals surface area (Å²) in [6, 6.07) is 7.94. The molecule has 1 N–H and O–H groups in total. The number of thioether (sulfide) groups is 1. The normalized spacial score (nSPS) is 14.4. The lowest BCUT2D eigenvalue weighted by atomic mass is 10.1. The average molecular weight is 356 g/mol. The number of aryl methyl sites for hydroxylation is 2. The Morgan fingerprint density at radius 3 is 2.68 bits per heavy atom. The third-order valence-corrected chi connectivity index (χ3v) is 5.37. The van der Waals surface area contributed by atoms with Gasteiger partial charge in [0, 0.05) is 24.8 Å². The fourth-order valence-corrected chi connectivity index (χ4v) is 3.52. The lowest BCUT2D eigenvalue weighted by molar-refractivity contribution is -0.113. The molecule has 1 aliphatic rings. The summed E-state index contributed by atoms with van der Waals surface area (Å²) in [4.78, 5) is 23.1. The number of aromatic nitrogens is 2. The first kappa shape index (κ1) is 17.7. The van der Waals surface area contributed by atoms with Gasteiger partial charge in [0.1, 0.15) is 17.2 Å². The van der Waals surface area contributed by atoms with Crippen molar-refractivity contribution in [2.75, 3.05) is 29.1 Å². The highest BCUT2D eigenvalue weighted by Gasteiger charge is 2.13. The Balaban J connectivity index is 1.55. The summed E-state index contributed by atoms with van der Waals surface area (Å²) in [5.41, 5.74) is 3.23. The molecule has 1 fully saturated rings. The minimum Gasteiger partial charge on any atom is -0.356 e.